The minimum absolute atomic E-state index is 0.0185. The second kappa shape index (κ2) is 11.3. The lowest BCUT2D eigenvalue weighted by molar-refractivity contribution is -0.142. The van der Waals surface area contributed by atoms with Crippen LogP contribution in [-0.4, -0.2) is 35.9 Å². The van der Waals surface area contributed by atoms with Crippen LogP contribution in [0.25, 0.3) is 0 Å². The molecule has 0 aromatic heterocycles. The molecule has 0 unspecified atom stereocenters. The molecule has 1 N–H and O–H groups in total. The smallest absolute Gasteiger partial charge is 0.261 e. The van der Waals surface area contributed by atoms with Gasteiger partial charge >= 0.3 is 0 Å². The van der Waals surface area contributed by atoms with E-state index in [-0.39, 0.29) is 23.8 Å². The van der Waals surface area contributed by atoms with Gasteiger partial charge in [-0.2, -0.15) is 0 Å². The molecular formula is C25H33BrN2O3. The van der Waals surface area contributed by atoms with Gasteiger partial charge in [0.25, 0.3) is 5.91 Å². The lowest BCUT2D eigenvalue weighted by atomic mass is 9.87. The molecule has 0 bridgehead atoms. The quantitative estimate of drug-likeness (QED) is 0.535. The second-order valence-corrected chi connectivity index (χ2v) is 9.51. The van der Waals surface area contributed by atoms with Crippen LogP contribution in [0.5, 0.6) is 5.75 Å². The zero-order chi connectivity index (χ0) is 23.0. The largest absolute Gasteiger partial charge is 0.483 e. The molecule has 2 amide bonds. The van der Waals surface area contributed by atoms with E-state index in [0.29, 0.717) is 18.8 Å². The Balaban J connectivity index is 2.14. The van der Waals surface area contributed by atoms with Crippen molar-refractivity contribution in [3.05, 3.63) is 64.1 Å². The summed E-state index contributed by atoms with van der Waals surface area (Å²) in [5.74, 6) is 0.195. The van der Waals surface area contributed by atoms with Gasteiger partial charge in [-0.15, -0.1) is 0 Å². The summed E-state index contributed by atoms with van der Waals surface area (Å²) in [5, 5.41) is 2.88. The van der Waals surface area contributed by atoms with E-state index in [1.54, 1.807) is 11.8 Å². The first-order valence-corrected chi connectivity index (χ1v) is 11.5. The molecule has 0 heterocycles. The van der Waals surface area contributed by atoms with Crippen LogP contribution in [0, 0.1) is 0 Å². The van der Waals surface area contributed by atoms with Gasteiger partial charge in [0.2, 0.25) is 5.91 Å². The van der Waals surface area contributed by atoms with Crippen molar-refractivity contribution in [1.29, 1.82) is 0 Å². The molecule has 0 aliphatic carbocycles. The summed E-state index contributed by atoms with van der Waals surface area (Å²) in [6, 6.07) is 14.9. The van der Waals surface area contributed by atoms with E-state index in [0.717, 1.165) is 16.5 Å². The van der Waals surface area contributed by atoms with Gasteiger partial charge in [-0.3, -0.25) is 9.59 Å². The molecule has 0 saturated carbocycles. The molecule has 6 heteroatoms. The summed E-state index contributed by atoms with van der Waals surface area (Å²) in [7, 11) is 0. The van der Waals surface area contributed by atoms with Gasteiger partial charge in [-0.25, -0.2) is 0 Å². The Kier molecular flexibility index (Phi) is 9.11. The first-order valence-electron chi connectivity index (χ1n) is 10.7. The van der Waals surface area contributed by atoms with E-state index < -0.39 is 6.04 Å². The monoisotopic (exact) mass is 488 g/mol. The maximum Gasteiger partial charge on any atom is 0.261 e. The Hall–Kier alpha value is -2.34. The molecule has 2 rings (SSSR count). The number of nitrogens with zero attached hydrogens (tertiary/aromatic N) is 1. The number of hydrogen-bond acceptors (Lipinski definition) is 3. The summed E-state index contributed by atoms with van der Waals surface area (Å²) < 4.78 is 6.63. The predicted molar refractivity (Wildman–Crippen MR) is 128 cm³/mol. The summed E-state index contributed by atoms with van der Waals surface area (Å²) >= 11 is 3.55. The number of amides is 2. The number of carbonyl (C=O) groups is 2. The molecule has 0 radical (unpaired) electrons. The third-order valence-corrected chi connectivity index (χ3v) is 5.68. The number of hydrogen-bond donors (Lipinski definition) is 1. The lowest BCUT2D eigenvalue weighted by Crippen LogP contribution is -2.49. The molecule has 1 atom stereocenters. The molecule has 31 heavy (non-hydrogen) atoms. The van der Waals surface area contributed by atoms with Gasteiger partial charge in [-0.05, 0) is 57.9 Å². The van der Waals surface area contributed by atoms with Crippen molar-refractivity contribution in [3.8, 4) is 5.75 Å². The van der Waals surface area contributed by atoms with Crippen LogP contribution in [0.1, 0.15) is 52.2 Å². The third kappa shape index (κ3) is 7.39. The first kappa shape index (κ1) is 24.9. The molecule has 0 saturated heterocycles. The Morgan fingerprint density at radius 2 is 1.81 bits per heavy atom. The number of carbonyl (C=O) groups excluding carboxylic acids is 2. The topological polar surface area (TPSA) is 58.6 Å². The molecule has 0 aliphatic heterocycles. The van der Waals surface area contributed by atoms with E-state index in [1.165, 1.54) is 5.56 Å². The molecular weight excluding hydrogens is 456 g/mol. The number of nitrogens with one attached hydrogen (secondary N) is 1. The first-order chi connectivity index (χ1) is 14.6. The van der Waals surface area contributed by atoms with E-state index in [2.05, 4.69) is 42.0 Å². The molecule has 0 fully saturated rings. The number of rotatable bonds is 9. The Labute approximate surface area is 194 Å². The van der Waals surface area contributed by atoms with Crippen LogP contribution in [0.4, 0.5) is 0 Å². The van der Waals surface area contributed by atoms with Crippen LogP contribution in [0.2, 0.25) is 0 Å². The SMILES string of the molecule is CCCNC(=O)[C@H](C)N(Cc1ccccc1)C(=O)COc1ccc(C(C)(C)C)cc1Br. The van der Waals surface area contributed by atoms with Crippen molar-refractivity contribution in [2.45, 2.75) is 59.0 Å². The lowest BCUT2D eigenvalue weighted by Gasteiger charge is -2.29. The van der Waals surface area contributed by atoms with Gasteiger partial charge in [0, 0.05) is 13.1 Å². The zero-order valence-electron chi connectivity index (χ0n) is 19.1. The maximum absolute atomic E-state index is 13.1. The normalized spacial score (nSPS) is 12.2. The minimum Gasteiger partial charge on any atom is -0.483 e. The third-order valence-electron chi connectivity index (χ3n) is 5.06. The van der Waals surface area contributed by atoms with E-state index in [4.69, 9.17) is 4.74 Å². The Morgan fingerprint density at radius 3 is 2.39 bits per heavy atom. The summed E-state index contributed by atoms with van der Waals surface area (Å²) in [5.41, 5.74) is 2.15. The maximum atomic E-state index is 13.1. The fourth-order valence-corrected chi connectivity index (χ4v) is 3.56. The van der Waals surface area contributed by atoms with Crippen LogP contribution in [0.3, 0.4) is 0 Å². The van der Waals surface area contributed by atoms with Crippen molar-refractivity contribution in [1.82, 2.24) is 10.2 Å². The van der Waals surface area contributed by atoms with Gasteiger partial charge in [0.1, 0.15) is 11.8 Å². The van der Waals surface area contributed by atoms with Crippen LogP contribution < -0.4 is 10.1 Å². The average molecular weight is 489 g/mol. The molecule has 5 nitrogen and oxygen atoms in total. The highest BCUT2D eigenvalue weighted by Crippen LogP contribution is 2.31. The van der Waals surface area contributed by atoms with Gasteiger partial charge in [0.05, 0.1) is 4.47 Å². The fourth-order valence-electron chi connectivity index (χ4n) is 3.07. The van der Waals surface area contributed by atoms with Gasteiger partial charge < -0.3 is 15.0 Å². The van der Waals surface area contributed by atoms with Crippen molar-refractivity contribution >= 4 is 27.7 Å². The summed E-state index contributed by atoms with van der Waals surface area (Å²) in [6.07, 6.45) is 0.840. The van der Waals surface area contributed by atoms with Crippen molar-refractivity contribution in [3.63, 3.8) is 0 Å². The number of ether oxygens (including phenoxy) is 1. The molecule has 0 aliphatic rings. The molecule has 2 aromatic rings. The minimum atomic E-state index is -0.602. The Morgan fingerprint density at radius 1 is 1.13 bits per heavy atom. The summed E-state index contributed by atoms with van der Waals surface area (Å²) in [6.45, 7) is 11.0. The Bertz CT molecular complexity index is 878. The van der Waals surface area contributed by atoms with Crippen LogP contribution in [-0.2, 0) is 21.5 Å². The van der Waals surface area contributed by atoms with Gasteiger partial charge in [0.15, 0.2) is 6.61 Å². The predicted octanol–water partition coefficient (Wildman–Crippen LogP) is 5.07. The second-order valence-electron chi connectivity index (χ2n) is 8.66. The molecule has 2 aromatic carbocycles. The fraction of sp³-hybridized carbons (Fsp3) is 0.440. The highest BCUT2D eigenvalue weighted by atomic mass is 79.9. The highest BCUT2D eigenvalue weighted by molar-refractivity contribution is 9.10. The average Bonchev–Trinajstić information content (AvgIpc) is 2.74. The highest BCUT2D eigenvalue weighted by Gasteiger charge is 2.26. The van der Waals surface area contributed by atoms with Crippen LogP contribution in [0.15, 0.2) is 53.0 Å². The van der Waals surface area contributed by atoms with Crippen molar-refractivity contribution < 1.29 is 14.3 Å². The zero-order valence-corrected chi connectivity index (χ0v) is 20.7. The van der Waals surface area contributed by atoms with Gasteiger partial charge in [-0.1, -0.05) is 64.1 Å². The van der Waals surface area contributed by atoms with E-state index in [9.17, 15) is 9.59 Å². The standard InChI is InChI=1S/C25H33BrN2O3/c1-6-14-27-24(30)18(2)28(16-19-10-8-7-9-11-19)23(29)17-31-22-13-12-20(15-21(22)26)25(3,4)5/h7-13,15,18H,6,14,16-17H2,1-5H3,(H,27,30)/t18-/m0/s1. The molecule has 0 spiro atoms. The van der Waals surface area contributed by atoms with Crippen LogP contribution >= 0.6 is 15.9 Å². The van der Waals surface area contributed by atoms with Crippen molar-refractivity contribution in [2.75, 3.05) is 13.2 Å². The van der Waals surface area contributed by atoms with Crippen molar-refractivity contribution in [2.24, 2.45) is 0 Å². The van der Waals surface area contributed by atoms with E-state index >= 15 is 0 Å². The number of benzene rings is 2. The molecule has 168 valence electrons. The number of halogens is 1. The summed E-state index contributed by atoms with van der Waals surface area (Å²) in [4.78, 5) is 27.2. The van der Waals surface area contributed by atoms with E-state index in [1.807, 2.05) is 55.5 Å².